The van der Waals surface area contributed by atoms with Gasteiger partial charge in [-0.1, -0.05) is 89.9 Å². The average Bonchev–Trinajstić information content (AvgIpc) is 2.74. The highest BCUT2D eigenvalue weighted by molar-refractivity contribution is 6.35. The summed E-state index contributed by atoms with van der Waals surface area (Å²) in [6, 6.07) is 24.2. The normalized spacial score (nSPS) is 11.4. The van der Waals surface area contributed by atoms with Crippen LogP contribution >= 0.6 is 23.2 Å². The molecule has 0 aliphatic rings. The highest BCUT2D eigenvalue weighted by Gasteiger charge is 2.07. The van der Waals surface area contributed by atoms with Crippen LogP contribution in [0.2, 0.25) is 10.0 Å². The molecular weight excluding hydrogens is 407 g/mol. The van der Waals surface area contributed by atoms with Gasteiger partial charge in [0.25, 0.3) is 5.91 Å². The van der Waals surface area contributed by atoms with E-state index < -0.39 is 5.91 Å². The molecule has 3 rings (SSSR count). The highest BCUT2D eigenvalue weighted by Crippen LogP contribution is 2.27. The smallest absolute Gasteiger partial charge is 0.277 e. The van der Waals surface area contributed by atoms with Crippen molar-refractivity contribution in [1.82, 2.24) is 5.43 Å². The number of hydrogen-bond acceptors (Lipinski definition) is 3. The molecule has 0 fully saturated rings. The molecule has 29 heavy (non-hydrogen) atoms. The molecule has 0 saturated heterocycles. The number of allylic oxidation sites excluding steroid dienone is 1. The minimum Gasteiger partial charge on any atom is -0.482 e. The van der Waals surface area contributed by atoms with E-state index in [0.29, 0.717) is 21.5 Å². The second-order valence-corrected chi connectivity index (χ2v) is 6.85. The Labute approximate surface area is 179 Å². The first kappa shape index (κ1) is 20.6. The van der Waals surface area contributed by atoms with E-state index in [-0.39, 0.29) is 6.61 Å². The second kappa shape index (κ2) is 10.5. The summed E-state index contributed by atoms with van der Waals surface area (Å²) < 4.78 is 5.43. The summed E-state index contributed by atoms with van der Waals surface area (Å²) in [7, 11) is 0. The van der Waals surface area contributed by atoms with Gasteiger partial charge in [-0.05, 0) is 29.8 Å². The van der Waals surface area contributed by atoms with Crippen LogP contribution in [0.4, 0.5) is 0 Å². The fourth-order valence-corrected chi connectivity index (χ4v) is 2.90. The Bertz CT molecular complexity index is 1020. The molecule has 146 valence electrons. The first-order valence-corrected chi connectivity index (χ1v) is 9.60. The summed E-state index contributed by atoms with van der Waals surface area (Å²) in [6.07, 6.45) is 3.78. The van der Waals surface area contributed by atoms with E-state index in [2.05, 4.69) is 10.5 Å². The van der Waals surface area contributed by atoms with Gasteiger partial charge in [-0.15, -0.1) is 0 Å². The van der Waals surface area contributed by atoms with Gasteiger partial charge in [0.2, 0.25) is 0 Å². The monoisotopic (exact) mass is 424 g/mol. The maximum Gasteiger partial charge on any atom is 0.277 e. The lowest BCUT2D eigenvalue weighted by Crippen LogP contribution is -2.25. The fourth-order valence-electron chi connectivity index (χ4n) is 2.44. The first-order valence-electron chi connectivity index (χ1n) is 8.85. The predicted octanol–water partition coefficient (Wildman–Crippen LogP) is 5.61. The Morgan fingerprint density at radius 2 is 1.66 bits per heavy atom. The van der Waals surface area contributed by atoms with Gasteiger partial charge in [0.1, 0.15) is 5.75 Å². The number of nitrogens with one attached hydrogen (secondary N) is 1. The minimum atomic E-state index is -0.405. The first-order chi connectivity index (χ1) is 14.1. The molecule has 0 radical (unpaired) electrons. The van der Waals surface area contributed by atoms with Crippen LogP contribution in [0.3, 0.4) is 0 Å². The van der Waals surface area contributed by atoms with Crippen LogP contribution < -0.4 is 10.2 Å². The summed E-state index contributed by atoms with van der Waals surface area (Å²) in [5.41, 5.74) is 5.05. The number of carbonyl (C=O) groups is 1. The third-order valence-electron chi connectivity index (χ3n) is 3.86. The van der Waals surface area contributed by atoms with Crippen LogP contribution in [0.15, 0.2) is 90.0 Å². The van der Waals surface area contributed by atoms with Crippen molar-refractivity contribution in [2.75, 3.05) is 6.61 Å². The van der Waals surface area contributed by atoms with Crippen molar-refractivity contribution >= 4 is 40.9 Å². The van der Waals surface area contributed by atoms with Crippen molar-refractivity contribution in [2.24, 2.45) is 5.10 Å². The van der Waals surface area contributed by atoms with E-state index in [4.69, 9.17) is 27.9 Å². The van der Waals surface area contributed by atoms with Gasteiger partial charge in [0.05, 0.1) is 10.7 Å². The molecule has 0 aliphatic heterocycles. The van der Waals surface area contributed by atoms with E-state index in [1.165, 1.54) is 0 Å². The molecule has 0 heterocycles. The van der Waals surface area contributed by atoms with Gasteiger partial charge in [-0.2, -0.15) is 5.10 Å². The van der Waals surface area contributed by atoms with Crippen LogP contribution in [0.5, 0.6) is 5.75 Å². The zero-order valence-corrected chi connectivity index (χ0v) is 16.9. The zero-order chi connectivity index (χ0) is 20.5. The van der Waals surface area contributed by atoms with Crippen LogP contribution in [-0.2, 0) is 4.79 Å². The molecule has 0 aromatic heterocycles. The van der Waals surface area contributed by atoms with Gasteiger partial charge >= 0.3 is 0 Å². The van der Waals surface area contributed by atoms with Crippen LogP contribution in [0.25, 0.3) is 6.08 Å². The molecule has 0 spiro atoms. The summed E-state index contributed by atoms with van der Waals surface area (Å²) >= 11 is 11.9. The molecule has 3 aromatic rings. The molecule has 6 heteroatoms. The summed E-state index contributed by atoms with van der Waals surface area (Å²) in [6.45, 7) is -0.227. The Morgan fingerprint density at radius 3 is 2.34 bits per heavy atom. The molecule has 4 nitrogen and oxygen atoms in total. The van der Waals surface area contributed by atoms with Crippen molar-refractivity contribution in [3.8, 4) is 5.75 Å². The Balaban J connectivity index is 1.68. The molecule has 0 bridgehead atoms. The summed E-state index contributed by atoms with van der Waals surface area (Å²) in [5, 5.41) is 5.09. The van der Waals surface area contributed by atoms with Crippen LogP contribution in [0.1, 0.15) is 11.1 Å². The minimum absolute atomic E-state index is 0.227. The van der Waals surface area contributed by atoms with E-state index in [0.717, 1.165) is 11.1 Å². The van der Waals surface area contributed by atoms with Gasteiger partial charge < -0.3 is 4.74 Å². The molecule has 3 aromatic carbocycles. The Hall–Kier alpha value is -3.08. The number of benzene rings is 3. The van der Waals surface area contributed by atoms with E-state index >= 15 is 0 Å². The SMILES string of the molecule is O=C(COc1ccc(Cl)cc1Cl)NN=C(/C=C/c1ccccc1)c1ccccc1. The van der Waals surface area contributed by atoms with E-state index in [1.807, 2.05) is 72.8 Å². The maximum absolute atomic E-state index is 12.2. The maximum atomic E-state index is 12.2. The number of amides is 1. The van der Waals surface area contributed by atoms with Gasteiger partial charge in [0.15, 0.2) is 6.61 Å². The summed E-state index contributed by atoms with van der Waals surface area (Å²) in [5.74, 6) is -0.0278. The second-order valence-electron chi connectivity index (χ2n) is 6.01. The van der Waals surface area contributed by atoms with Crippen molar-refractivity contribution in [1.29, 1.82) is 0 Å². The van der Waals surface area contributed by atoms with Crippen LogP contribution in [0, 0.1) is 0 Å². The standard InChI is InChI=1S/C23H18Cl2N2O2/c24-19-12-14-22(20(25)15-19)29-16-23(28)27-26-21(18-9-5-2-6-10-18)13-11-17-7-3-1-4-8-17/h1-15H,16H2,(H,27,28)/b13-11+,26-21?. The third kappa shape index (κ3) is 6.49. The molecule has 0 aliphatic carbocycles. The van der Waals surface area contributed by atoms with Crippen molar-refractivity contribution in [3.05, 3.63) is 106 Å². The number of hydrogen-bond donors (Lipinski definition) is 1. The average molecular weight is 425 g/mol. The quantitative estimate of drug-likeness (QED) is 0.395. The molecule has 0 unspecified atom stereocenters. The topological polar surface area (TPSA) is 50.7 Å². The lowest BCUT2D eigenvalue weighted by Gasteiger charge is -2.08. The number of carbonyl (C=O) groups excluding carboxylic acids is 1. The molecule has 0 saturated carbocycles. The number of hydrazone groups is 1. The van der Waals surface area contributed by atoms with Crippen LogP contribution in [-0.4, -0.2) is 18.2 Å². The highest BCUT2D eigenvalue weighted by atomic mass is 35.5. The third-order valence-corrected chi connectivity index (χ3v) is 4.39. The van der Waals surface area contributed by atoms with Crippen molar-refractivity contribution < 1.29 is 9.53 Å². The molecule has 0 atom stereocenters. The van der Waals surface area contributed by atoms with Gasteiger partial charge in [0, 0.05) is 10.6 Å². The Kier molecular flexibility index (Phi) is 7.45. The van der Waals surface area contributed by atoms with Gasteiger partial charge in [-0.3, -0.25) is 4.79 Å². The number of nitrogens with zero attached hydrogens (tertiary/aromatic N) is 1. The van der Waals surface area contributed by atoms with Crippen molar-refractivity contribution in [3.63, 3.8) is 0 Å². The number of rotatable bonds is 7. The number of ether oxygens (including phenoxy) is 1. The fraction of sp³-hybridized carbons (Fsp3) is 0.0435. The Morgan fingerprint density at radius 1 is 0.966 bits per heavy atom. The number of halogens is 2. The zero-order valence-electron chi connectivity index (χ0n) is 15.4. The lowest BCUT2D eigenvalue weighted by atomic mass is 10.1. The largest absolute Gasteiger partial charge is 0.482 e. The summed E-state index contributed by atoms with van der Waals surface area (Å²) in [4.78, 5) is 12.2. The van der Waals surface area contributed by atoms with Crippen molar-refractivity contribution in [2.45, 2.75) is 0 Å². The lowest BCUT2D eigenvalue weighted by molar-refractivity contribution is -0.123. The van der Waals surface area contributed by atoms with E-state index in [1.54, 1.807) is 18.2 Å². The molecule has 1 N–H and O–H groups in total. The van der Waals surface area contributed by atoms with Gasteiger partial charge in [-0.25, -0.2) is 5.43 Å². The molecular formula is C23H18Cl2N2O2. The van der Waals surface area contributed by atoms with E-state index in [9.17, 15) is 4.79 Å². The molecule has 1 amide bonds. The predicted molar refractivity (Wildman–Crippen MR) is 119 cm³/mol.